The van der Waals surface area contributed by atoms with Crippen LogP contribution in [0.15, 0.2) is 35.1 Å². The first-order valence-electron chi connectivity index (χ1n) is 8.22. The summed E-state index contributed by atoms with van der Waals surface area (Å²) in [6, 6.07) is 7.88. The molecule has 3 atom stereocenters. The van der Waals surface area contributed by atoms with Gasteiger partial charge in [-0.1, -0.05) is 24.6 Å². The van der Waals surface area contributed by atoms with Crippen LogP contribution < -0.4 is 5.56 Å². The summed E-state index contributed by atoms with van der Waals surface area (Å²) < 4.78 is 0. The Labute approximate surface area is 138 Å². The van der Waals surface area contributed by atoms with Crippen molar-refractivity contribution < 1.29 is 14.7 Å². The Morgan fingerprint density at radius 3 is 2.79 bits per heavy atom. The zero-order valence-corrected chi connectivity index (χ0v) is 13.1. The standard InChI is InChI=1S/C18H18N2O4/c21-16-13-6-2-1-4-10(13)8-14(19-16)17(22)20-9-11-5-3-7-12(11)15(20)18(23)24/h1-2,4,6,8,11-12,15H,3,5,7,9H2,(H,19,21)(H,23,24). The zero-order chi connectivity index (χ0) is 16.8. The molecule has 4 rings (SSSR count). The molecular formula is C18H18N2O4. The van der Waals surface area contributed by atoms with Gasteiger partial charge in [0.1, 0.15) is 11.7 Å². The monoisotopic (exact) mass is 326 g/mol. The minimum Gasteiger partial charge on any atom is -0.480 e. The number of carbonyl (C=O) groups excluding carboxylic acids is 1. The van der Waals surface area contributed by atoms with Gasteiger partial charge in [0.25, 0.3) is 11.5 Å². The van der Waals surface area contributed by atoms with Gasteiger partial charge in [0, 0.05) is 11.9 Å². The summed E-state index contributed by atoms with van der Waals surface area (Å²) in [7, 11) is 0. The van der Waals surface area contributed by atoms with Crippen molar-refractivity contribution in [2.45, 2.75) is 25.3 Å². The van der Waals surface area contributed by atoms with Crippen LogP contribution in [0.3, 0.4) is 0 Å². The third-order valence-electron chi connectivity index (χ3n) is 5.39. The normalized spacial score (nSPS) is 25.8. The lowest BCUT2D eigenvalue weighted by atomic mass is 9.94. The largest absolute Gasteiger partial charge is 0.480 e. The van der Waals surface area contributed by atoms with Crippen LogP contribution in [-0.2, 0) is 4.79 Å². The Bertz CT molecular complexity index is 888. The van der Waals surface area contributed by atoms with Gasteiger partial charge >= 0.3 is 5.97 Å². The molecule has 1 aromatic heterocycles. The van der Waals surface area contributed by atoms with E-state index >= 15 is 0 Å². The molecule has 3 unspecified atom stereocenters. The van der Waals surface area contributed by atoms with E-state index in [1.54, 1.807) is 30.3 Å². The van der Waals surface area contributed by atoms with E-state index in [0.717, 1.165) is 19.3 Å². The Morgan fingerprint density at radius 2 is 2.00 bits per heavy atom. The van der Waals surface area contributed by atoms with Gasteiger partial charge in [0.2, 0.25) is 0 Å². The van der Waals surface area contributed by atoms with Crippen molar-refractivity contribution >= 4 is 22.6 Å². The minimum absolute atomic E-state index is 0.0265. The van der Waals surface area contributed by atoms with Crippen molar-refractivity contribution in [2.24, 2.45) is 11.8 Å². The number of aliphatic carboxylic acids is 1. The summed E-state index contributed by atoms with van der Waals surface area (Å²) in [5.41, 5.74) is -0.173. The summed E-state index contributed by atoms with van der Waals surface area (Å²) >= 11 is 0. The van der Waals surface area contributed by atoms with Gasteiger partial charge in [-0.3, -0.25) is 9.59 Å². The van der Waals surface area contributed by atoms with E-state index in [4.69, 9.17) is 0 Å². The second-order valence-corrected chi connectivity index (χ2v) is 6.69. The predicted molar refractivity (Wildman–Crippen MR) is 87.9 cm³/mol. The highest BCUT2D eigenvalue weighted by Gasteiger charge is 2.49. The molecule has 0 radical (unpaired) electrons. The molecule has 6 nitrogen and oxygen atoms in total. The molecule has 1 aliphatic heterocycles. The molecule has 1 aliphatic carbocycles. The SMILES string of the molecule is O=C(O)C1C2CCCC2CN1C(=O)c1cc2ccccc2c(=O)[nH]1. The number of carbonyl (C=O) groups is 2. The number of nitrogens with zero attached hydrogens (tertiary/aromatic N) is 1. The highest BCUT2D eigenvalue weighted by Crippen LogP contribution is 2.42. The number of carboxylic acids is 1. The fourth-order valence-corrected chi connectivity index (χ4v) is 4.31. The molecule has 1 amide bonds. The van der Waals surface area contributed by atoms with E-state index in [2.05, 4.69) is 4.98 Å². The van der Waals surface area contributed by atoms with Crippen molar-refractivity contribution in [3.05, 3.63) is 46.4 Å². The summed E-state index contributed by atoms with van der Waals surface area (Å²) in [4.78, 5) is 40.8. The van der Waals surface area contributed by atoms with Gasteiger partial charge in [0.05, 0.1) is 0 Å². The highest BCUT2D eigenvalue weighted by molar-refractivity contribution is 5.98. The maximum absolute atomic E-state index is 12.9. The maximum atomic E-state index is 12.9. The van der Waals surface area contributed by atoms with Crippen molar-refractivity contribution in [1.29, 1.82) is 0 Å². The van der Waals surface area contributed by atoms with Crippen molar-refractivity contribution in [2.75, 3.05) is 6.54 Å². The van der Waals surface area contributed by atoms with Crippen LogP contribution in [0, 0.1) is 11.8 Å². The molecule has 2 aliphatic rings. The van der Waals surface area contributed by atoms with E-state index in [0.29, 0.717) is 17.3 Å². The van der Waals surface area contributed by atoms with Crippen molar-refractivity contribution in [3.8, 4) is 0 Å². The Balaban J connectivity index is 1.73. The number of hydrogen-bond donors (Lipinski definition) is 2. The second-order valence-electron chi connectivity index (χ2n) is 6.69. The van der Waals surface area contributed by atoms with E-state index in [-0.39, 0.29) is 23.1 Å². The molecule has 2 aromatic rings. The number of rotatable bonds is 2. The molecule has 0 spiro atoms. The summed E-state index contributed by atoms with van der Waals surface area (Å²) in [6.07, 6.45) is 2.83. The topological polar surface area (TPSA) is 90.5 Å². The summed E-state index contributed by atoms with van der Waals surface area (Å²) in [5.74, 6) is -1.08. The van der Waals surface area contributed by atoms with Crippen LogP contribution in [0.5, 0.6) is 0 Å². The lowest BCUT2D eigenvalue weighted by Crippen LogP contribution is -2.43. The minimum atomic E-state index is -0.958. The Hall–Kier alpha value is -2.63. The number of likely N-dealkylation sites (tertiary alicyclic amines) is 1. The van der Waals surface area contributed by atoms with Crippen LogP contribution in [-0.4, -0.2) is 39.5 Å². The summed E-state index contributed by atoms with van der Waals surface area (Å²) in [5, 5.41) is 10.8. The van der Waals surface area contributed by atoms with E-state index in [1.165, 1.54) is 4.90 Å². The fourth-order valence-electron chi connectivity index (χ4n) is 4.31. The first-order valence-corrected chi connectivity index (χ1v) is 8.22. The Kier molecular flexibility index (Phi) is 3.40. The molecule has 124 valence electrons. The smallest absolute Gasteiger partial charge is 0.326 e. The van der Waals surface area contributed by atoms with Gasteiger partial charge in [-0.05, 0) is 42.2 Å². The first-order chi connectivity index (χ1) is 11.6. The van der Waals surface area contributed by atoms with Crippen LogP contribution in [0.1, 0.15) is 29.8 Å². The van der Waals surface area contributed by atoms with Crippen molar-refractivity contribution in [3.63, 3.8) is 0 Å². The van der Waals surface area contributed by atoms with Crippen molar-refractivity contribution in [1.82, 2.24) is 9.88 Å². The van der Waals surface area contributed by atoms with Crippen LogP contribution in [0.2, 0.25) is 0 Å². The fraction of sp³-hybridized carbons (Fsp3) is 0.389. The molecule has 24 heavy (non-hydrogen) atoms. The molecule has 6 heteroatoms. The number of fused-ring (bicyclic) bond motifs is 2. The predicted octanol–water partition coefficient (Wildman–Crippen LogP) is 1.85. The number of benzene rings is 1. The number of aromatic amines is 1. The van der Waals surface area contributed by atoms with Gasteiger partial charge in [-0.15, -0.1) is 0 Å². The second kappa shape index (κ2) is 5.47. The molecular weight excluding hydrogens is 308 g/mol. The molecule has 2 fully saturated rings. The van der Waals surface area contributed by atoms with Crippen LogP contribution in [0.25, 0.3) is 10.8 Å². The molecule has 1 saturated heterocycles. The van der Waals surface area contributed by atoms with E-state index < -0.39 is 17.9 Å². The number of aromatic nitrogens is 1. The Morgan fingerprint density at radius 1 is 1.21 bits per heavy atom. The van der Waals surface area contributed by atoms with Gasteiger partial charge in [0.15, 0.2) is 0 Å². The zero-order valence-electron chi connectivity index (χ0n) is 13.1. The first kappa shape index (κ1) is 14.9. The lowest BCUT2D eigenvalue weighted by molar-refractivity contribution is -0.142. The average molecular weight is 326 g/mol. The van der Waals surface area contributed by atoms with Crippen LogP contribution in [0.4, 0.5) is 0 Å². The third-order valence-corrected chi connectivity index (χ3v) is 5.39. The van der Waals surface area contributed by atoms with Gasteiger partial charge in [-0.2, -0.15) is 0 Å². The lowest BCUT2D eigenvalue weighted by Gasteiger charge is -2.24. The molecule has 1 aromatic carbocycles. The van der Waals surface area contributed by atoms with Crippen LogP contribution >= 0.6 is 0 Å². The number of amides is 1. The molecule has 1 saturated carbocycles. The number of carboxylic acid groups (broad SMARTS) is 1. The number of nitrogens with one attached hydrogen (secondary N) is 1. The van der Waals surface area contributed by atoms with Gasteiger partial charge in [-0.25, -0.2) is 4.79 Å². The van der Waals surface area contributed by atoms with Gasteiger partial charge < -0.3 is 15.0 Å². The van der Waals surface area contributed by atoms with E-state index in [1.807, 2.05) is 0 Å². The third kappa shape index (κ3) is 2.21. The molecule has 0 bridgehead atoms. The number of pyridine rings is 1. The quantitative estimate of drug-likeness (QED) is 0.881. The number of hydrogen-bond acceptors (Lipinski definition) is 3. The highest BCUT2D eigenvalue weighted by atomic mass is 16.4. The average Bonchev–Trinajstić information content (AvgIpc) is 3.14. The molecule has 2 heterocycles. The maximum Gasteiger partial charge on any atom is 0.326 e. The van der Waals surface area contributed by atoms with E-state index in [9.17, 15) is 19.5 Å². The number of H-pyrrole nitrogens is 1. The molecule has 2 N–H and O–H groups in total. The summed E-state index contributed by atoms with van der Waals surface area (Å²) in [6.45, 7) is 0.454.